The maximum absolute atomic E-state index is 12.1. The molecule has 2 heterocycles. The first-order valence-corrected chi connectivity index (χ1v) is 5.46. The first kappa shape index (κ1) is 11.2. The van der Waals surface area contributed by atoms with Crippen molar-refractivity contribution in [3.8, 4) is 0 Å². The summed E-state index contributed by atoms with van der Waals surface area (Å²) in [7, 11) is 0. The number of aryl methyl sites for hydroxylation is 1. The van der Waals surface area contributed by atoms with E-state index in [2.05, 4.69) is 9.36 Å². The molecule has 16 heavy (non-hydrogen) atoms. The first-order chi connectivity index (χ1) is 7.63. The number of hydrogen-bond donors (Lipinski definition) is 1. The molecule has 0 aliphatic rings. The summed E-state index contributed by atoms with van der Waals surface area (Å²) < 4.78 is 17.4. The van der Waals surface area contributed by atoms with Crippen molar-refractivity contribution in [3.05, 3.63) is 22.4 Å². The second kappa shape index (κ2) is 4.26. The summed E-state index contributed by atoms with van der Waals surface area (Å²) in [5.41, 5.74) is 0.324. The molecule has 0 spiro atoms. The Morgan fingerprint density at radius 2 is 2.44 bits per heavy atom. The van der Waals surface area contributed by atoms with Gasteiger partial charge in [-0.1, -0.05) is 0 Å². The summed E-state index contributed by atoms with van der Waals surface area (Å²) >= 11 is 1.15. The fraction of sp³-hybridized carbons (Fsp3) is 0.444. The number of nitrogens with zero attached hydrogens (tertiary/aromatic N) is 3. The van der Waals surface area contributed by atoms with Gasteiger partial charge in [0.1, 0.15) is 12.8 Å². The van der Waals surface area contributed by atoms with Crippen LogP contribution in [0.15, 0.2) is 11.1 Å². The van der Waals surface area contributed by atoms with Crippen molar-refractivity contribution in [2.45, 2.75) is 19.6 Å². The monoisotopic (exact) mass is 243 g/mol. The van der Waals surface area contributed by atoms with E-state index in [1.165, 1.54) is 10.9 Å². The van der Waals surface area contributed by atoms with Crippen LogP contribution in [0, 0.1) is 6.92 Å². The lowest BCUT2D eigenvalue weighted by atomic mass is 10.3. The standard InChI is InChI=1S/C9H10FN3O2S/c1-5-7-8(16-12-5)11-4-13(9(7)15)3-6(14)2-10/h4,6,14H,2-3H2,1H3/t6-/m1/s1. The Hall–Kier alpha value is -1.34. The Kier molecular flexibility index (Phi) is 2.97. The smallest absolute Gasteiger partial charge is 0.264 e. The fourth-order valence-electron chi connectivity index (χ4n) is 1.42. The number of rotatable bonds is 3. The Balaban J connectivity index is 2.52. The van der Waals surface area contributed by atoms with Gasteiger partial charge in [-0.25, -0.2) is 9.37 Å². The highest BCUT2D eigenvalue weighted by Crippen LogP contribution is 2.15. The maximum Gasteiger partial charge on any atom is 0.264 e. The average Bonchev–Trinajstić information content (AvgIpc) is 2.65. The molecule has 1 atom stereocenters. The Morgan fingerprint density at radius 1 is 1.69 bits per heavy atom. The molecule has 0 saturated heterocycles. The van der Waals surface area contributed by atoms with Crippen molar-refractivity contribution in [2.24, 2.45) is 0 Å². The number of aliphatic hydroxyl groups excluding tert-OH is 1. The molecule has 0 amide bonds. The zero-order valence-electron chi connectivity index (χ0n) is 8.55. The van der Waals surface area contributed by atoms with Crippen LogP contribution >= 0.6 is 11.5 Å². The van der Waals surface area contributed by atoms with Gasteiger partial charge in [0.15, 0.2) is 4.83 Å². The van der Waals surface area contributed by atoms with Gasteiger partial charge in [-0.2, -0.15) is 4.37 Å². The molecule has 0 unspecified atom stereocenters. The Labute approximate surface area is 94.3 Å². The molecule has 2 aromatic rings. The van der Waals surface area contributed by atoms with E-state index in [0.717, 1.165) is 11.5 Å². The number of alkyl halides is 1. The van der Waals surface area contributed by atoms with Crippen LogP contribution in [0.5, 0.6) is 0 Å². The number of fused-ring (bicyclic) bond motifs is 1. The molecule has 0 aromatic carbocycles. The van der Waals surface area contributed by atoms with E-state index in [1.54, 1.807) is 6.92 Å². The zero-order valence-corrected chi connectivity index (χ0v) is 9.37. The molecule has 0 radical (unpaired) electrons. The quantitative estimate of drug-likeness (QED) is 0.852. The van der Waals surface area contributed by atoms with Gasteiger partial charge in [0.25, 0.3) is 5.56 Å². The molecule has 5 nitrogen and oxygen atoms in total. The van der Waals surface area contributed by atoms with Crippen LogP contribution in [0.2, 0.25) is 0 Å². The van der Waals surface area contributed by atoms with Crippen molar-refractivity contribution < 1.29 is 9.50 Å². The van der Waals surface area contributed by atoms with E-state index in [9.17, 15) is 9.18 Å². The highest BCUT2D eigenvalue weighted by molar-refractivity contribution is 7.12. The largest absolute Gasteiger partial charge is 0.389 e. The topological polar surface area (TPSA) is 68.0 Å². The van der Waals surface area contributed by atoms with Gasteiger partial charge in [-0.05, 0) is 18.5 Å². The van der Waals surface area contributed by atoms with E-state index in [1.807, 2.05) is 0 Å². The van der Waals surface area contributed by atoms with Gasteiger partial charge < -0.3 is 5.11 Å². The molecule has 86 valence electrons. The van der Waals surface area contributed by atoms with E-state index < -0.39 is 12.8 Å². The lowest BCUT2D eigenvalue weighted by molar-refractivity contribution is 0.121. The second-order valence-corrected chi connectivity index (χ2v) is 4.21. The highest BCUT2D eigenvalue weighted by Gasteiger charge is 2.12. The van der Waals surface area contributed by atoms with Gasteiger partial charge in [0, 0.05) is 0 Å². The van der Waals surface area contributed by atoms with E-state index in [0.29, 0.717) is 15.9 Å². The summed E-state index contributed by atoms with van der Waals surface area (Å²) in [6, 6.07) is 0. The fourth-order valence-corrected chi connectivity index (χ4v) is 2.15. The zero-order chi connectivity index (χ0) is 11.7. The number of hydrogen-bond acceptors (Lipinski definition) is 5. The number of aliphatic hydroxyl groups is 1. The van der Waals surface area contributed by atoms with Crippen LogP contribution in [-0.4, -0.2) is 31.8 Å². The third-order valence-electron chi connectivity index (χ3n) is 2.22. The number of aromatic nitrogens is 3. The molecule has 0 aliphatic heterocycles. The molecule has 1 N–H and O–H groups in total. The minimum absolute atomic E-state index is 0.0897. The molecular formula is C9H10FN3O2S. The van der Waals surface area contributed by atoms with Crippen LogP contribution in [0.1, 0.15) is 5.69 Å². The van der Waals surface area contributed by atoms with Gasteiger partial charge in [-0.15, -0.1) is 0 Å². The van der Waals surface area contributed by atoms with E-state index in [4.69, 9.17) is 5.11 Å². The summed E-state index contributed by atoms with van der Waals surface area (Å²) in [6.07, 6.45) is 0.130. The van der Waals surface area contributed by atoms with Crippen molar-refractivity contribution in [1.29, 1.82) is 0 Å². The highest BCUT2D eigenvalue weighted by atomic mass is 32.1. The molecule has 7 heteroatoms. The maximum atomic E-state index is 12.1. The minimum Gasteiger partial charge on any atom is -0.389 e. The average molecular weight is 243 g/mol. The first-order valence-electron chi connectivity index (χ1n) is 4.69. The molecular weight excluding hydrogens is 233 g/mol. The molecule has 0 saturated carbocycles. The molecule has 0 fully saturated rings. The van der Waals surface area contributed by atoms with Gasteiger partial charge >= 0.3 is 0 Å². The Bertz CT molecular complexity index is 565. The second-order valence-electron chi connectivity index (χ2n) is 3.46. The predicted octanol–water partition coefficient (Wildman–Crippen LogP) is 0.492. The van der Waals surface area contributed by atoms with Gasteiger partial charge in [0.2, 0.25) is 0 Å². The van der Waals surface area contributed by atoms with Crippen LogP contribution in [-0.2, 0) is 6.54 Å². The van der Waals surface area contributed by atoms with Crippen molar-refractivity contribution in [1.82, 2.24) is 13.9 Å². The molecule has 2 rings (SSSR count). The van der Waals surface area contributed by atoms with Crippen LogP contribution in [0.25, 0.3) is 10.2 Å². The SMILES string of the molecule is Cc1nsc2ncn(C[C@H](O)CF)c(=O)c12. The summed E-state index contributed by atoms with van der Waals surface area (Å²) in [5, 5.41) is 9.60. The third kappa shape index (κ3) is 1.83. The van der Waals surface area contributed by atoms with Crippen LogP contribution in [0.3, 0.4) is 0 Å². The van der Waals surface area contributed by atoms with E-state index in [-0.39, 0.29) is 12.1 Å². The van der Waals surface area contributed by atoms with Crippen molar-refractivity contribution >= 4 is 21.7 Å². The lowest BCUT2D eigenvalue weighted by Gasteiger charge is -2.08. The Morgan fingerprint density at radius 3 is 3.12 bits per heavy atom. The van der Waals surface area contributed by atoms with Crippen molar-refractivity contribution in [3.63, 3.8) is 0 Å². The van der Waals surface area contributed by atoms with Crippen LogP contribution < -0.4 is 5.56 Å². The normalized spacial score (nSPS) is 13.2. The summed E-state index contributed by atoms with van der Waals surface area (Å²) in [5.74, 6) is 0. The van der Waals surface area contributed by atoms with E-state index >= 15 is 0 Å². The summed E-state index contributed by atoms with van der Waals surface area (Å²) in [6.45, 7) is 0.747. The van der Waals surface area contributed by atoms with Gasteiger partial charge in [0.05, 0.1) is 24.0 Å². The predicted molar refractivity (Wildman–Crippen MR) is 58.4 cm³/mol. The van der Waals surface area contributed by atoms with Crippen LogP contribution in [0.4, 0.5) is 4.39 Å². The van der Waals surface area contributed by atoms with Gasteiger partial charge in [-0.3, -0.25) is 9.36 Å². The molecule has 0 bridgehead atoms. The molecule has 0 aliphatic carbocycles. The third-order valence-corrected chi connectivity index (χ3v) is 3.07. The summed E-state index contributed by atoms with van der Waals surface area (Å²) in [4.78, 5) is 16.5. The number of halogens is 1. The van der Waals surface area contributed by atoms with Crippen molar-refractivity contribution in [2.75, 3.05) is 6.67 Å². The minimum atomic E-state index is -1.18. The molecule has 2 aromatic heterocycles. The lowest BCUT2D eigenvalue weighted by Crippen LogP contribution is -2.27.